The first-order valence-corrected chi connectivity index (χ1v) is 5.48. The second-order valence-corrected chi connectivity index (χ2v) is 3.63. The second kappa shape index (κ2) is 6.25. The van der Waals surface area contributed by atoms with Gasteiger partial charge < -0.3 is 9.47 Å². The quantitative estimate of drug-likeness (QED) is 0.599. The predicted octanol–water partition coefficient (Wildman–Crippen LogP) is 2.27. The molecule has 0 saturated heterocycles. The standard InChI is InChI=1S/C12H13ClO4/c1-3-17-11(15)6-9-8(7-14)4-5-10(16-2)12(9)13/h4-5,7H,3,6H2,1-2H3. The van der Waals surface area contributed by atoms with Gasteiger partial charge in [-0.1, -0.05) is 11.6 Å². The fraction of sp³-hybridized carbons (Fsp3) is 0.333. The molecule has 0 N–H and O–H groups in total. The Bertz CT molecular complexity index is 429. The van der Waals surface area contributed by atoms with E-state index in [1.807, 2.05) is 0 Å². The number of carbonyl (C=O) groups excluding carboxylic acids is 2. The van der Waals surface area contributed by atoms with Crippen molar-refractivity contribution in [3.63, 3.8) is 0 Å². The zero-order chi connectivity index (χ0) is 12.8. The van der Waals surface area contributed by atoms with Crippen LogP contribution in [0.3, 0.4) is 0 Å². The van der Waals surface area contributed by atoms with Crippen LogP contribution in [-0.4, -0.2) is 26.0 Å². The molecular formula is C12H13ClO4. The van der Waals surface area contributed by atoms with Gasteiger partial charge in [-0.25, -0.2) is 0 Å². The fourth-order valence-electron chi connectivity index (χ4n) is 1.42. The van der Waals surface area contributed by atoms with Crippen molar-refractivity contribution in [1.82, 2.24) is 0 Å². The number of aldehydes is 1. The summed E-state index contributed by atoms with van der Waals surface area (Å²) in [5, 5.41) is 0.269. The summed E-state index contributed by atoms with van der Waals surface area (Å²) in [7, 11) is 1.47. The summed E-state index contributed by atoms with van der Waals surface area (Å²) in [6.07, 6.45) is 0.609. The van der Waals surface area contributed by atoms with Crippen LogP contribution in [0.5, 0.6) is 5.75 Å². The van der Waals surface area contributed by atoms with Crippen molar-refractivity contribution >= 4 is 23.9 Å². The number of hydrogen-bond acceptors (Lipinski definition) is 4. The SMILES string of the molecule is CCOC(=O)Cc1c(C=O)ccc(OC)c1Cl. The highest BCUT2D eigenvalue weighted by atomic mass is 35.5. The van der Waals surface area contributed by atoms with E-state index in [4.69, 9.17) is 21.1 Å². The normalized spacial score (nSPS) is 9.82. The average molecular weight is 257 g/mol. The minimum atomic E-state index is -0.425. The second-order valence-electron chi connectivity index (χ2n) is 3.25. The molecule has 0 heterocycles. The van der Waals surface area contributed by atoms with E-state index in [1.54, 1.807) is 19.1 Å². The summed E-state index contributed by atoms with van der Waals surface area (Å²) in [5.41, 5.74) is 0.795. The molecule has 0 spiro atoms. The molecule has 5 heteroatoms. The van der Waals surface area contributed by atoms with Gasteiger partial charge in [-0.15, -0.1) is 0 Å². The van der Waals surface area contributed by atoms with E-state index in [1.165, 1.54) is 7.11 Å². The van der Waals surface area contributed by atoms with Gasteiger partial charge in [-0.2, -0.15) is 0 Å². The number of ether oxygens (including phenoxy) is 2. The van der Waals surface area contributed by atoms with Crippen LogP contribution in [0.15, 0.2) is 12.1 Å². The molecule has 0 unspecified atom stereocenters. The highest BCUT2D eigenvalue weighted by Crippen LogP contribution is 2.30. The van der Waals surface area contributed by atoms with Crippen LogP contribution in [0.1, 0.15) is 22.8 Å². The largest absolute Gasteiger partial charge is 0.495 e. The molecule has 1 aromatic carbocycles. The summed E-state index contributed by atoms with van der Waals surface area (Å²) in [5.74, 6) is 0.00215. The first-order chi connectivity index (χ1) is 8.13. The van der Waals surface area contributed by atoms with E-state index in [9.17, 15) is 9.59 Å². The van der Waals surface area contributed by atoms with Crippen LogP contribution in [0, 0.1) is 0 Å². The molecule has 0 aromatic heterocycles. The molecule has 0 amide bonds. The summed E-state index contributed by atoms with van der Waals surface area (Å²) >= 11 is 6.05. The van der Waals surface area contributed by atoms with Crippen LogP contribution in [0.4, 0.5) is 0 Å². The lowest BCUT2D eigenvalue weighted by molar-refractivity contribution is -0.142. The minimum Gasteiger partial charge on any atom is -0.495 e. The third-order valence-electron chi connectivity index (χ3n) is 2.22. The number of carbonyl (C=O) groups is 2. The number of hydrogen-bond donors (Lipinski definition) is 0. The van der Waals surface area contributed by atoms with Crippen molar-refractivity contribution in [2.45, 2.75) is 13.3 Å². The first-order valence-electron chi connectivity index (χ1n) is 5.10. The molecule has 4 nitrogen and oxygen atoms in total. The van der Waals surface area contributed by atoms with Gasteiger partial charge in [0, 0.05) is 5.56 Å². The Labute approximate surface area is 104 Å². The van der Waals surface area contributed by atoms with E-state index in [0.29, 0.717) is 23.2 Å². The predicted molar refractivity (Wildman–Crippen MR) is 63.7 cm³/mol. The third kappa shape index (κ3) is 3.20. The lowest BCUT2D eigenvalue weighted by atomic mass is 10.0. The number of esters is 1. The van der Waals surface area contributed by atoms with Crippen molar-refractivity contribution in [3.8, 4) is 5.75 Å². The van der Waals surface area contributed by atoms with Gasteiger partial charge in [0.2, 0.25) is 0 Å². The van der Waals surface area contributed by atoms with Crippen LogP contribution in [0.25, 0.3) is 0 Å². The Morgan fingerprint density at radius 2 is 2.18 bits per heavy atom. The molecule has 17 heavy (non-hydrogen) atoms. The Kier molecular flexibility index (Phi) is 4.97. The van der Waals surface area contributed by atoms with E-state index in [2.05, 4.69) is 0 Å². The minimum absolute atomic E-state index is 0.0437. The van der Waals surface area contributed by atoms with Gasteiger partial charge >= 0.3 is 5.97 Å². The number of halogens is 1. The molecule has 1 rings (SSSR count). The van der Waals surface area contributed by atoms with Crippen molar-refractivity contribution in [1.29, 1.82) is 0 Å². The average Bonchev–Trinajstić information content (AvgIpc) is 2.32. The Morgan fingerprint density at radius 3 is 2.71 bits per heavy atom. The lowest BCUT2D eigenvalue weighted by Gasteiger charge is -2.10. The van der Waals surface area contributed by atoms with Gasteiger partial charge in [0.25, 0.3) is 0 Å². The molecule has 0 bridgehead atoms. The molecule has 0 saturated carbocycles. The monoisotopic (exact) mass is 256 g/mol. The third-order valence-corrected chi connectivity index (χ3v) is 2.63. The smallest absolute Gasteiger partial charge is 0.310 e. The Morgan fingerprint density at radius 1 is 1.47 bits per heavy atom. The number of methoxy groups -OCH3 is 1. The van der Waals surface area contributed by atoms with Crippen LogP contribution < -0.4 is 4.74 Å². The number of benzene rings is 1. The van der Waals surface area contributed by atoms with Gasteiger partial charge in [-0.05, 0) is 24.6 Å². The zero-order valence-corrected chi connectivity index (χ0v) is 10.4. The molecular weight excluding hydrogens is 244 g/mol. The highest BCUT2D eigenvalue weighted by molar-refractivity contribution is 6.33. The Balaban J connectivity index is 3.10. The molecule has 0 aliphatic rings. The van der Waals surface area contributed by atoms with E-state index < -0.39 is 5.97 Å². The van der Waals surface area contributed by atoms with Crippen molar-refractivity contribution < 1.29 is 19.1 Å². The lowest BCUT2D eigenvalue weighted by Crippen LogP contribution is -2.10. The summed E-state index contributed by atoms with van der Waals surface area (Å²) in [6.45, 7) is 2.00. The molecule has 0 atom stereocenters. The van der Waals surface area contributed by atoms with Gasteiger partial charge in [0.15, 0.2) is 0 Å². The van der Waals surface area contributed by atoms with Gasteiger partial charge in [0.05, 0.1) is 25.2 Å². The Hall–Kier alpha value is -1.55. The van der Waals surface area contributed by atoms with E-state index in [0.717, 1.165) is 0 Å². The van der Waals surface area contributed by atoms with E-state index in [-0.39, 0.29) is 18.1 Å². The number of rotatable bonds is 5. The van der Waals surface area contributed by atoms with Crippen LogP contribution >= 0.6 is 11.6 Å². The molecule has 0 radical (unpaired) electrons. The summed E-state index contributed by atoms with van der Waals surface area (Å²) in [6, 6.07) is 3.15. The van der Waals surface area contributed by atoms with Crippen molar-refractivity contribution in [2.24, 2.45) is 0 Å². The first kappa shape index (κ1) is 13.5. The summed E-state index contributed by atoms with van der Waals surface area (Å²) in [4.78, 5) is 22.3. The fourth-order valence-corrected chi connectivity index (χ4v) is 1.73. The summed E-state index contributed by atoms with van der Waals surface area (Å²) < 4.78 is 9.85. The maximum Gasteiger partial charge on any atom is 0.310 e. The van der Waals surface area contributed by atoms with Crippen LogP contribution in [0.2, 0.25) is 5.02 Å². The molecule has 1 aromatic rings. The zero-order valence-electron chi connectivity index (χ0n) is 9.66. The van der Waals surface area contributed by atoms with Gasteiger partial charge in [0.1, 0.15) is 12.0 Å². The molecule has 0 fully saturated rings. The van der Waals surface area contributed by atoms with E-state index >= 15 is 0 Å². The molecule has 92 valence electrons. The topological polar surface area (TPSA) is 52.6 Å². The van der Waals surface area contributed by atoms with Crippen LogP contribution in [-0.2, 0) is 16.0 Å². The van der Waals surface area contributed by atoms with Gasteiger partial charge in [-0.3, -0.25) is 9.59 Å². The highest BCUT2D eigenvalue weighted by Gasteiger charge is 2.15. The van der Waals surface area contributed by atoms with Crippen molar-refractivity contribution in [3.05, 3.63) is 28.3 Å². The molecule has 0 aliphatic heterocycles. The maximum atomic E-state index is 11.4. The van der Waals surface area contributed by atoms with Crippen molar-refractivity contribution in [2.75, 3.05) is 13.7 Å². The molecule has 0 aliphatic carbocycles. The maximum absolute atomic E-state index is 11.4.